The normalized spacial score (nSPS) is 17.1. The van der Waals surface area contributed by atoms with Crippen LogP contribution >= 0.6 is 0 Å². The molecule has 0 radical (unpaired) electrons. The minimum absolute atomic E-state index is 0.940. The highest BCUT2D eigenvalue weighted by molar-refractivity contribution is 5.25. The molecular formula is C17H29N. The fourth-order valence-electron chi connectivity index (χ4n) is 2.45. The van der Waals surface area contributed by atoms with E-state index in [1.165, 1.54) is 50.0 Å². The van der Waals surface area contributed by atoms with Gasteiger partial charge in [0.1, 0.15) is 0 Å². The van der Waals surface area contributed by atoms with Crippen LogP contribution < -0.4 is 0 Å². The predicted octanol–water partition coefficient (Wildman–Crippen LogP) is 4.30. The summed E-state index contributed by atoms with van der Waals surface area (Å²) in [6.45, 7) is 12.4. The summed E-state index contributed by atoms with van der Waals surface area (Å²) in [6.07, 6.45) is 3.97. The highest BCUT2D eigenvalue weighted by Crippen LogP contribution is 2.16. The molecule has 1 aromatic carbocycles. The third-order valence-electron chi connectivity index (χ3n) is 3.83. The van der Waals surface area contributed by atoms with Gasteiger partial charge in [-0.3, -0.25) is 0 Å². The lowest BCUT2D eigenvalue weighted by Gasteiger charge is -2.30. The molecule has 0 atom stereocenters. The van der Waals surface area contributed by atoms with E-state index in [0.717, 1.165) is 5.92 Å². The summed E-state index contributed by atoms with van der Waals surface area (Å²) in [6, 6.07) is 8.76. The van der Waals surface area contributed by atoms with Crippen molar-refractivity contribution < 1.29 is 0 Å². The van der Waals surface area contributed by atoms with Crippen LogP contribution in [0.2, 0.25) is 0 Å². The van der Waals surface area contributed by atoms with Crippen LogP contribution in [0.4, 0.5) is 0 Å². The van der Waals surface area contributed by atoms with Gasteiger partial charge in [-0.1, -0.05) is 45.0 Å². The SMILES string of the molecule is CC.Cc1ccccc1CCN1CCC(C)CC1. The smallest absolute Gasteiger partial charge is 0.00219 e. The van der Waals surface area contributed by atoms with Crippen LogP contribution in [0.5, 0.6) is 0 Å². The molecule has 1 aliphatic rings. The second-order valence-electron chi connectivity index (χ2n) is 5.20. The molecule has 0 unspecified atom stereocenters. The molecule has 0 bridgehead atoms. The molecule has 1 heteroatoms. The zero-order valence-electron chi connectivity index (χ0n) is 12.6. The van der Waals surface area contributed by atoms with Crippen LogP contribution in [0.25, 0.3) is 0 Å². The van der Waals surface area contributed by atoms with Crippen LogP contribution in [-0.4, -0.2) is 24.5 Å². The number of likely N-dealkylation sites (tertiary alicyclic amines) is 1. The summed E-state index contributed by atoms with van der Waals surface area (Å²) in [5.41, 5.74) is 2.95. The minimum atomic E-state index is 0.940. The Kier molecular flexibility index (Phi) is 7.04. The van der Waals surface area contributed by atoms with Gasteiger partial charge in [-0.15, -0.1) is 0 Å². The fraction of sp³-hybridized carbons (Fsp3) is 0.647. The Morgan fingerprint density at radius 1 is 1.11 bits per heavy atom. The van der Waals surface area contributed by atoms with E-state index in [2.05, 4.69) is 43.0 Å². The lowest BCUT2D eigenvalue weighted by molar-refractivity contribution is 0.194. The highest BCUT2D eigenvalue weighted by atomic mass is 15.1. The zero-order chi connectivity index (χ0) is 13.4. The molecule has 1 saturated heterocycles. The molecule has 1 aromatic rings. The first kappa shape index (κ1) is 15.2. The Balaban J connectivity index is 0.000000771. The number of hydrogen-bond acceptors (Lipinski definition) is 1. The Morgan fingerprint density at radius 3 is 2.33 bits per heavy atom. The number of benzene rings is 1. The van der Waals surface area contributed by atoms with Crippen molar-refractivity contribution in [2.45, 2.75) is 47.0 Å². The Bertz CT molecular complexity index is 324. The minimum Gasteiger partial charge on any atom is -0.303 e. The van der Waals surface area contributed by atoms with Crippen molar-refractivity contribution in [2.75, 3.05) is 19.6 Å². The quantitative estimate of drug-likeness (QED) is 0.770. The van der Waals surface area contributed by atoms with Gasteiger partial charge in [0.25, 0.3) is 0 Å². The molecule has 18 heavy (non-hydrogen) atoms. The van der Waals surface area contributed by atoms with E-state index >= 15 is 0 Å². The second kappa shape index (κ2) is 8.31. The summed E-state index contributed by atoms with van der Waals surface area (Å²) in [5, 5.41) is 0. The molecule has 2 rings (SSSR count). The average molecular weight is 247 g/mol. The first-order valence-electron chi connectivity index (χ1n) is 7.52. The number of aryl methyl sites for hydroxylation is 1. The monoisotopic (exact) mass is 247 g/mol. The topological polar surface area (TPSA) is 3.24 Å². The van der Waals surface area contributed by atoms with E-state index in [0.29, 0.717) is 0 Å². The zero-order valence-corrected chi connectivity index (χ0v) is 12.6. The van der Waals surface area contributed by atoms with Crippen LogP contribution in [0.1, 0.15) is 44.7 Å². The van der Waals surface area contributed by atoms with Crippen molar-refractivity contribution >= 4 is 0 Å². The van der Waals surface area contributed by atoms with Gasteiger partial charge in [0, 0.05) is 6.54 Å². The summed E-state index contributed by atoms with van der Waals surface area (Å²) >= 11 is 0. The maximum absolute atomic E-state index is 2.62. The molecule has 0 aromatic heterocycles. The third-order valence-corrected chi connectivity index (χ3v) is 3.83. The van der Waals surface area contributed by atoms with Crippen molar-refractivity contribution in [3.05, 3.63) is 35.4 Å². The van der Waals surface area contributed by atoms with Crippen LogP contribution in [0.15, 0.2) is 24.3 Å². The van der Waals surface area contributed by atoms with Gasteiger partial charge in [0.2, 0.25) is 0 Å². The van der Waals surface area contributed by atoms with Crippen molar-refractivity contribution in [1.29, 1.82) is 0 Å². The number of hydrogen-bond donors (Lipinski definition) is 0. The van der Waals surface area contributed by atoms with Gasteiger partial charge in [-0.25, -0.2) is 0 Å². The Morgan fingerprint density at radius 2 is 1.72 bits per heavy atom. The summed E-state index contributed by atoms with van der Waals surface area (Å²) in [7, 11) is 0. The van der Waals surface area contributed by atoms with Gasteiger partial charge in [-0.05, 0) is 56.3 Å². The van der Waals surface area contributed by atoms with Crippen LogP contribution in [-0.2, 0) is 6.42 Å². The van der Waals surface area contributed by atoms with E-state index < -0.39 is 0 Å². The van der Waals surface area contributed by atoms with Gasteiger partial charge < -0.3 is 4.90 Å². The molecule has 1 fully saturated rings. The maximum atomic E-state index is 2.62. The first-order valence-corrected chi connectivity index (χ1v) is 7.52. The predicted molar refractivity (Wildman–Crippen MR) is 81.1 cm³/mol. The van der Waals surface area contributed by atoms with Crippen molar-refractivity contribution in [3.8, 4) is 0 Å². The summed E-state index contributed by atoms with van der Waals surface area (Å²) in [4.78, 5) is 2.62. The van der Waals surface area contributed by atoms with Crippen molar-refractivity contribution in [1.82, 2.24) is 4.90 Å². The molecule has 0 spiro atoms. The molecule has 1 nitrogen and oxygen atoms in total. The number of rotatable bonds is 3. The molecule has 1 aliphatic heterocycles. The lowest BCUT2D eigenvalue weighted by atomic mass is 9.98. The van der Waals surface area contributed by atoms with E-state index in [4.69, 9.17) is 0 Å². The van der Waals surface area contributed by atoms with Crippen molar-refractivity contribution in [3.63, 3.8) is 0 Å². The number of nitrogens with zero attached hydrogens (tertiary/aromatic N) is 1. The second-order valence-corrected chi connectivity index (χ2v) is 5.20. The standard InChI is InChI=1S/C15H23N.C2H6/c1-13-7-10-16(11-8-13)12-9-15-6-4-3-5-14(15)2;1-2/h3-6,13H,7-12H2,1-2H3;1-2H3. The maximum Gasteiger partial charge on any atom is 0.00219 e. The highest BCUT2D eigenvalue weighted by Gasteiger charge is 2.15. The van der Waals surface area contributed by atoms with Crippen LogP contribution in [0.3, 0.4) is 0 Å². The molecule has 0 amide bonds. The molecular weight excluding hydrogens is 218 g/mol. The molecule has 102 valence electrons. The first-order chi connectivity index (χ1) is 8.75. The van der Waals surface area contributed by atoms with Crippen molar-refractivity contribution in [2.24, 2.45) is 5.92 Å². The lowest BCUT2D eigenvalue weighted by Crippen LogP contribution is -2.34. The van der Waals surface area contributed by atoms with Crippen LogP contribution in [0, 0.1) is 12.8 Å². The summed E-state index contributed by atoms with van der Waals surface area (Å²) in [5.74, 6) is 0.940. The van der Waals surface area contributed by atoms with E-state index in [1.54, 1.807) is 0 Å². The molecule has 0 saturated carbocycles. The third kappa shape index (κ3) is 4.81. The van der Waals surface area contributed by atoms with E-state index in [1.807, 2.05) is 13.8 Å². The molecule has 0 aliphatic carbocycles. The fourth-order valence-corrected chi connectivity index (χ4v) is 2.45. The number of piperidine rings is 1. The Labute approximate surface area is 113 Å². The van der Waals surface area contributed by atoms with Gasteiger partial charge in [0.15, 0.2) is 0 Å². The van der Waals surface area contributed by atoms with Gasteiger partial charge in [-0.2, -0.15) is 0 Å². The Hall–Kier alpha value is -0.820. The summed E-state index contributed by atoms with van der Waals surface area (Å²) < 4.78 is 0. The van der Waals surface area contributed by atoms with E-state index in [-0.39, 0.29) is 0 Å². The average Bonchev–Trinajstić information content (AvgIpc) is 2.42. The van der Waals surface area contributed by atoms with Gasteiger partial charge >= 0.3 is 0 Å². The molecule has 0 N–H and O–H groups in total. The van der Waals surface area contributed by atoms with E-state index in [9.17, 15) is 0 Å². The largest absolute Gasteiger partial charge is 0.303 e. The van der Waals surface area contributed by atoms with Gasteiger partial charge in [0.05, 0.1) is 0 Å². The molecule has 1 heterocycles.